The van der Waals surface area contributed by atoms with Gasteiger partial charge >= 0.3 is 7.28 Å². The number of hydrogen-bond donors (Lipinski definition) is 2. The highest BCUT2D eigenvalue weighted by molar-refractivity contribution is 6.92. The van der Waals surface area contributed by atoms with Gasteiger partial charge in [0.15, 0.2) is 5.81 Å². The van der Waals surface area contributed by atoms with Crippen LogP contribution in [0.25, 0.3) is 0 Å². The summed E-state index contributed by atoms with van der Waals surface area (Å²) < 4.78 is 0. The molecule has 86 valence electrons. The minimum Gasteiger partial charge on any atom is -0.360 e. The molecule has 2 N–H and O–H groups in total. The Morgan fingerprint density at radius 1 is 1.27 bits per heavy atom. The molecule has 0 atom stereocenters. The van der Waals surface area contributed by atoms with Gasteiger partial charge in [0.05, 0.1) is 6.19 Å². The zero-order chi connectivity index (χ0) is 12.1. The molecule has 0 unspecified atom stereocenters. The van der Waals surface area contributed by atoms with Gasteiger partial charge < -0.3 is 15.4 Å². The second-order valence-corrected chi connectivity index (χ2v) is 5.11. The van der Waals surface area contributed by atoms with Crippen LogP contribution in [0.3, 0.4) is 0 Å². The van der Waals surface area contributed by atoms with Crippen LogP contribution < -0.4 is 10.6 Å². The van der Waals surface area contributed by atoms with Gasteiger partial charge in [0.1, 0.15) is 0 Å². The van der Waals surface area contributed by atoms with Crippen molar-refractivity contribution in [2.24, 2.45) is 0 Å². The number of carbonyl (C=O) groups excluding carboxylic acids is 2. The molecule has 0 radical (unpaired) electrons. The first-order valence-electron chi connectivity index (χ1n) is 5.16. The molecule has 0 bridgehead atoms. The third-order valence-electron chi connectivity index (χ3n) is 2.31. The first-order valence-corrected chi connectivity index (χ1v) is 5.16. The van der Waals surface area contributed by atoms with E-state index >= 15 is 0 Å². The van der Waals surface area contributed by atoms with E-state index in [-0.39, 0.29) is 24.2 Å². The summed E-state index contributed by atoms with van der Waals surface area (Å²) in [5.41, 5.74) is -0.357. The van der Waals surface area contributed by atoms with Gasteiger partial charge in [0, 0.05) is 11.1 Å². The van der Waals surface area contributed by atoms with Crippen molar-refractivity contribution in [3.8, 4) is 0 Å². The van der Waals surface area contributed by atoms with Crippen molar-refractivity contribution in [3.63, 3.8) is 0 Å². The van der Waals surface area contributed by atoms with Gasteiger partial charge in [-0.05, 0) is 41.2 Å². The van der Waals surface area contributed by atoms with Crippen molar-refractivity contribution in [1.29, 1.82) is 0 Å². The number of rotatable bonds is 6. The minimum absolute atomic E-state index is 0.0437. The predicted molar refractivity (Wildman–Crippen MR) is 64.3 cm³/mol. The third-order valence-corrected chi connectivity index (χ3v) is 2.31. The lowest BCUT2D eigenvalue weighted by molar-refractivity contribution is 0.233. The van der Waals surface area contributed by atoms with Crippen LogP contribution in [0.2, 0.25) is 0 Å². The molecule has 0 aromatic heterocycles. The Hall–Kier alpha value is -0.835. The highest BCUT2D eigenvalue weighted by Gasteiger charge is 2.28. The fourth-order valence-corrected chi connectivity index (χ4v) is 1.74. The molecular formula is C10H21BN2O2. The van der Waals surface area contributed by atoms with Gasteiger partial charge in [-0.25, -0.2) is 0 Å². The monoisotopic (exact) mass is 212 g/mol. The van der Waals surface area contributed by atoms with Gasteiger partial charge in [0.25, 0.3) is 0 Å². The summed E-state index contributed by atoms with van der Waals surface area (Å²) in [6.07, 6.45) is 1.41. The largest absolute Gasteiger partial charge is 0.360 e. The standard InChI is InChI=1S/C10H21BN2O2/c1-9(2,12-5)6-10(3,4)13-8(15)11-7-14/h7,11-12H,6H2,1-5H3,(H,13,15). The molecule has 0 aliphatic carbocycles. The zero-order valence-electron chi connectivity index (χ0n) is 10.3. The van der Waals surface area contributed by atoms with Crippen LogP contribution >= 0.6 is 0 Å². The molecule has 5 heteroatoms. The Morgan fingerprint density at radius 2 is 1.80 bits per heavy atom. The van der Waals surface area contributed by atoms with E-state index in [2.05, 4.69) is 24.5 Å². The number of hydrogen-bond acceptors (Lipinski definition) is 3. The maximum Gasteiger partial charge on any atom is 0.308 e. The highest BCUT2D eigenvalue weighted by atomic mass is 16.1. The molecular weight excluding hydrogens is 191 g/mol. The quantitative estimate of drug-likeness (QED) is 0.497. The zero-order valence-corrected chi connectivity index (χ0v) is 10.3. The highest BCUT2D eigenvalue weighted by Crippen LogP contribution is 2.19. The fraction of sp³-hybridized carbons (Fsp3) is 0.800. The van der Waals surface area contributed by atoms with Crippen LogP contribution in [0.15, 0.2) is 0 Å². The lowest BCUT2D eigenvalue weighted by Crippen LogP contribution is -2.52. The summed E-state index contributed by atoms with van der Waals surface area (Å²) in [5, 5.41) is 6.02. The van der Waals surface area contributed by atoms with Crippen molar-refractivity contribution in [3.05, 3.63) is 0 Å². The minimum atomic E-state index is -0.313. The third kappa shape index (κ3) is 6.28. The molecule has 0 spiro atoms. The normalized spacial score (nSPS) is 12.1. The molecule has 4 nitrogen and oxygen atoms in total. The van der Waals surface area contributed by atoms with Gasteiger partial charge in [0.2, 0.25) is 0 Å². The van der Waals surface area contributed by atoms with E-state index in [0.29, 0.717) is 6.19 Å². The Labute approximate surface area is 92.4 Å². The average Bonchev–Trinajstić information content (AvgIpc) is 2.01. The maximum atomic E-state index is 11.3. The second kappa shape index (κ2) is 5.30. The lowest BCUT2D eigenvalue weighted by Gasteiger charge is -2.35. The molecule has 0 saturated carbocycles. The Balaban J connectivity index is 4.29. The Morgan fingerprint density at radius 3 is 2.20 bits per heavy atom. The van der Waals surface area contributed by atoms with Crippen LogP contribution in [0.4, 0.5) is 4.79 Å². The van der Waals surface area contributed by atoms with Gasteiger partial charge in [-0.2, -0.15) is 0 Å². The second-order valence-electron chi connectivity index (χ2n) is 5.11. The number of carbonyl (C=O) groups is 2. The number of amides is 1. The lowest BCUT2D eigenvalue weighted by atomic mass is 9.78. The summed E-state index contributed by atoms with van der Waals surface area (Å²) >= 11 is 0. The fourth-order valence-electron chi connectivity index (χ4n) is 1.74. The van der Waals surface area contributed by atoms with Crippen LogP contribution in [0, 0.1) is 0 Å². The van der Waals surface area contributed by atoms with Crippen molar-refractivity contribution in [2.75, 3.05) is 7.05 Å². The molecule has 0 aliphatic rings. The summed E-state index contributed by atoms with van der Waals surface area (Å²) in [5.74, 6) is -0.220. The summed E-state index contributed by atoms with van der Waals surface area (Å²) in [7, 11) is 1.83. The van der Waals surface area contributed by atoms with E-state index in [4.69, 9.17) is 0 Å². The molecule has 0 aromatic carbocycles. The first-order chi connectivity index (χ1) is 6.72. The molecule has 0 saturated heterocycles. The molecule has 0 fully saturated rings. The topological polar surface area (TPSA) is 58.2 Å². The maximum absolute atomic E-state index is 11.3. The van der Waals surface area contributed by atoms with Gasteiger partial charge in [-0.15, -0.1) is 0 Å². The number of nitrogens with one attached hydrogen (secondary N) is 2. The summed E-state index contributed by atoms with van der Waals surface area (Å²) in [6, 6.07) is 0. The molecule has 0 aromatic rings. The summed E-state index contributed by atoms with van der Waals surface area (Å²) in [6.45, 7) is 8.05. The van der Waals surface area contributed by atoms with E-state index in [1.165, 1.54) is 0 Å². The predicted octanol–water partition coefficient (Wildman–Crippen LogP) is 0.489. The van der Waals surface area contributed by atoms with E-state index < -0.39 is 0 Å². The van der Waals surface area contributed by atoms with Crippen LogP contribution in [0.5, 0.6) is 0 Å². The van der Waals surface area contributed by atoms with Crippen molar-refractivity contribution in [2.45, 2.75) is 45.2 Å². The Kier molecular flexibility index (Phi) is 5.01. The van der Waals surface area contributed by atoms with Gasteiger partial charge in [-0.3, -0.25) is 4.79 Å². The SMILES string of the molecule is CNC(C)(C)CC(C)(C)NC(=O)BC=O. The summed E-state index contributed by atoms with van der Waals surface area (Å²) in [4.78, 5) is 21.4. The molecule has 0 heterocycles. The first kappa shape index (κ1) is 14.2. The van der Waals surface area contributed by atoms with E-state index in [1.807, 2.05) is 20.9 Å². The Bertz CT molecular complexity index is 240. The van der Waals surface area contributed by atoms with E-state index in [0.717, 1.165) is 6.42 Å². The molecule has 1 amide bonds. The molecule has 0 aliphatic heterocycles. The molecule has 0 rings (SSSR count). The van der Waals surface area contributed by atoms with Crippen molar-refractivity contribution >= 4 is 19.3 Å². The smallest absolute Gasteiger partial charge is 0.308 e. The average molecular weight is 212 g/mol. The van der Waals surface area contributed by atoms with Crippen LogP contribution in [-0.4, -0.2) is 37.4 Å². The van der Waals surface area contributed by atoms with E-state index in [1.54, 1.807) is 0 Å². The van der Waals surface area contributed by atoms with Crippen molar-refractivity contribution in [1.82, 2.24) is 10.6 Å². The van der Waals surface area contributed by atoms with Gasteiger partial charge in [-0.1, -0.05) is 0 Å². The van der Waals surface area contributed by atoms with Crippen LogP contribution in [0.1, 0.15) is 34.1 Å². The molecule has 15 heavy (non-hydrogen) atoms. The van der Waals surface area contributed by atoms with Crippen molar-refractivity contribution < 1.29 is 9.59 Å². The van der Waals surface area contributed by atoms with Crippen LogP contribution in [-0.2, 0) is 4.79 Å². The van der Waals surface area contributed by atoms with E-state index in [9.17, 15) is 9.59 Å².